The number of nitrogens with one attached hydrogen (secondary N) is 1. The maximum Gasteiger partial charge on any atom is 0.236 e. The molecular formula is C11H17ClN2O2. The van der Waals surface area contributed by atoms with E-state index in [1.807, 2.05) is 24.3 Å². The van der Waals surface area contributed by atoms with E-state index >= 15 is 0 Å². The molecular weight excluding hydrogens is 228 g/mol. The Morgan fingerprint density at radius 3 is 2.44 bits per heavy atom. The molecule has 0 spiro atoms. The average Bonchev–Trinajstić information content (AvgIpc) is 2.26. The molecule has 0 bridgehead atoms. The van der Waals surface area contributed by atoms with Gasteiger partial charge in [-0.1, -0.05) is 12.1 Å². The summed E-state index contributed by atoms with van der Waals surface area (Å²) < 4.78 is 5.03. The van der Waals surface area contributed by atoms with Gasteiger partial charge in [-0.2, -0.15) is 0 Å². The van der Waals surface area contributed by atoms with E-state index in [0.29, 0.717) is 6.54 Å². The number of rotatable bonds is 4. The zero-order valence-corrected chi connectivity index (χ0v) is 10.2. The standard InChI is InChI=1S/C11H16N2O2.ClH/c1-8(12)11(14)13-7-9-3-5-10(15-2)6-4-9;/h3-6,8H,7,12H2,1-2H3,(H,13,14);1H/t8-;/m0./s1. The molecule has 0 aromatic heterocycles. The van der Waals surface area contributed by atoms with Gasteiger partial charge in [0.15, 0.2) is 0 Å². The van der Waals surface area contributed by atoms with Crippen LogP contribution in [0.5, 0.6) is 5.75 Å². The topological polar surface area (TPSA) is 64.3 Å². The van der Waals surface area contributed by atoms with Gasteiger partial charge in [0.1, 0.15) is 5.75 Å². The maximum atomic E-state index is 11.2. The molecule has 3 N–H and O–H groups in total. The number of hydrogen-bond donors (Lipinski definition) is 2. The van der Waals surface area contributed by atoms with Crippen molar-refractivity contribution in [1.82, 2.24) is 5.32 Å². The SMILES string of the molecule is COc1ccc(CNC(=O)[C@H](C)N)cc1.Cl. The van der Waals surface area contributed by atoms with Crippen LogP contribution in [-0.2, 0) is 11.3 Å². The molecule has 1 amide bonds. The first-order valence-corrected chi connectivity index (χ1v) is 4.79. The van der Waals surface area contributed by atoms with Crippen molar-refractivity contribution in [2.75, 3.05) is 7.11 Å². The molecule has 1 aromatic carbocycles. The van der Waals surface area contributed by atoms with Gasteiger partial charge >= 0.3 is 0 Å². The van der Waals surface area contributed by atoms with Crippen molar-refractivity contribution in [3.8, 4) is 5.75 Å². The van der Waals surface area contributed by atoms with Gasteiger partial charge in [-0.15, -0.1) is 12.4 Å². The number of halogens is 1. The summed E-state index contributed by atoms with van der Waals surface area (Å²) in [6.07, 6.45) is 0. The van der Waals surface area contributed by atoms with E-state index in [-0.39, 0.29) is 18.3 Å². The van der Waals surface area contributed by atoms with Crippen LogP contribution in [0.4, 0.5) is 0 Å². The van der Waals surface area contributed by atoms with Crippen molar-refractivity contribution >= 4 is 18.3 Å². The fourth-order valence-corrected chi connectivity index (χ4v) is 1.09. The molecule has 0 aliphatic heterocycles. The Morgan fingerprint density at radius 1 is 1.44 bits per heavy atom. The van der Waals surface area contributed by atoms with Crippen LogP contribution in [0.1, 0.15) is 12.5 Å². The van der Waals surface area contributed by atoms with Crippen LogP contribution in [0.15, 0.2) is 24.3 Å². The quantitative estimate of drug-likeness (QED) is 0.833. The highest BCUT2D eigenvalue weighted by molar-refractivity contribution is 5.85. The van der Waals surface area contributed by atoms with E-state index < -0.39 is 6.04 Å². The van der Waals surface area contributed by atoms with Crippen molar-refractivity contribution in [2.24, 2.45) is 5.73 Å². The Bertz CT molecular complexity index is 325. The highest BCUT2D eigenvalue weighted by atomic mass is 35.5. The van der Waals surface area contributed by atoms with Crippen LogP contribution in [0.25, 0.3) is 0 Å². The molecule has 0 heterocycles. The second-order valence-electron chi connectivity index (χ2n) is 3.35. The minimum atomic E-state index is -0.469. The number of benzene rings is 1. The van der Waals surface area contributed by atoms with Crippen molar-refractivity contribution in [2.45, 2.75) is 19.5 Å². The first kappa shape index (κ1) is 14.7. The normalized spacial score (nSPS) is 11.2. The molecule has 0 aliphatic rings. The van der Waals surface area contributed by atoms with Gasteiger partial charge in [-0.25, -0.2) is 0 Å². The Morgan fingerprint density at radius 2 is 2.00 bits per heavy atom. The van der Waals surface area contributed by atoms with Gasteiger partial charge < -0.3 is 15.8 Å². The zero-order valence-electron chi connectivity index (χ0n) is 9.40. The second-order valence-corrected chi connectivity index (χ2v) is 3.35. The predicted octanol–water partition coefficient (Wildman–Crippen LogP) is 1.08. The molecule has 0 unspecified atom stereocenters. The zero-order chi connectivity index (χ0) is 11.3. The van der Waals surface area contributed by atoms with Crippen molar-refractivity contribution < 1.29 is 9.53 Å². The highest BCUT2D eigenvalue weighted by Crippen LogP contribution is 2.10. The fourth-order valence-electron chi connectivity index (χ4n) is 1.09. The summed E-state index contributed by atoms with van der Waals surface area (Å²) >= 11 is 0. The van der Waals surface area contributed by atoms with Crippen molar-refractivity contribution in [1.29, 1.82) is 0 Å². The van der Waals surface area contributed by atoms with Crippen LogP contribution in [0.2, 0.25) is 0 Å². The smallest absolute Gasteiger partial charge is 0.236 e. The number of nitrogens with two attached hydrogens (primary N) is 1. The van der Waals surface area contributed by atoms with Crippen LogP contribution in [-0.4, -0.2) is 19.1 Å². The monoisotopic (exact) mass is 244 g/mol. The molecule has 0 radical (unpaired) electrons. The molecule has 16 heavy (non-hydrogen) atoms. The number of carbonyl (C=O) groups is 1. The van der Waals surface area contributed by atoms with Crippen molar-refractivity contribution in [3.63, 3.8) is 0 Å². The lowest BCUT2D eigenvalue weighted by Gasteiger charge is -2.08. The maximum absolute atomic E-state index is 11.2. The lowest BCUT2D eigenvalue weighted by molar-refractivity contribution is -0.122. The van der Waals surface area contributed by atoms with Gasteiger partial charge in [0.05, 0.1) is 13.2 Å². The van der Waals surface area contributed by atoms with Gasteiger partial charge in [-0.3, -0.25) is 4.79 Å². The molecule has 0 aliphatic carbocycles. The molecule has 5 heteroatoms. The summed E-state index contributed by atoms with van der Waals surface area (Å²) in [6.45, 7) is 2.15. The predicted molar refractivity (Wildman–Crippen MR) is 65.7 cm³/mol. The summed E-state index contributed by atoms with van der Waals surface area (Å²) in [5, 5.41) is 2.73. The van der Waals surface area contributed by atoms with Gasteiger partial charge in [0, 0.05) is 6.54 Å². The number of carbonyl (C=O) groups excluding carboxylic acids is 1. The molecule has 90 valence electrons. The molecule has 0 saturated heterocycles. The van der Waals surface area contributed by atoms with E-state index in [1.165, 1.54) is 0 Å². The molecule has 0 fully saturated rings. The molecule has 4 nitrogen and oxygen atoms in total. The summed E-state index contributed by atoms with van der Waals surface area (Å²) in [5.74, 6) is 0.656. The first-order chi connectivity index (χ1) is 7.13. The van der Waals surface area contributed by atoms with Gasteiger partial charge in [0.25, 0.3) is 0 Å². The van der Waals surface area contributed by atoms with E-state index in [2.05, 4.69) is 5.32 Å². The third-order valence-corrected chi connectivity index (χ3v) is 2.04. The summed E-state index contributed by atoms with van der Waals surface area (Å²) in [7, 11) is 1.62. The summed E-state index contributed by atoms with van der Waals surface area (Å²) in [5.41, 5.74) is 6.43. The Kier molecular flexibility index (Phi) is 6.53. The third kappa shape index (κ3) is 4.51. The Balaban J connectivity index is 0.00000225. The van der Waals surface area contributed by atoms with Crippen molar-refractivity contribution in [3.05, 3.63) is 29.8 Å². The number of hydrogen-bond acceptors (Lipinski definition) is 3. The largest absolute Gasteiger partial charge is 0.497 e. The Labute approximate surface area is 102 Å². The van der Waals surface area contributed by atoms with Crippen LogP contribution >= 0.6 is 12.4 Å². The van der Waals surface area contributed by atoms with E-state index in [9.17, 15) is 4.79 Å². The lowest BCUT2D eigenvalue weighted by atomic mass is 10.2. The minimum absolute atomic E-state index is 0. The number of ether oxygens (including phenoxy) is 1. The first-order valence-electron chi connectivity index (χ1n) is 4.79. The minimum Gasteiger partial charge on any atom is -0.497 e. The van der Waals surface area contributed by atoms with E-state index in [4.69, 9.17) is 10.5 Å². The second kappa shape index (κ2) is 7.09. The fraction of sp³-hybridized carbons (Fsp3) is 0.364. The molecule has 1 rings (SSSR count). The summed E-state index contributed by atoms with van der Waals surface area (Å²) in [4.78, 5) is 11.2. The van der Waals surface area contributed by atoms with Gasteiger partial charge in [-0.05, 0) is 24.6 Å². The molecule has 1 aromatic rings. The lowest BCUT2D eigenvalue weighted by Crippen LogP contribution is -2.37. The highest BCUT2D eigenvalue weighted by Gasteiger charge is 2.05. The molecule has 1 atom stereocenters. The van der Waals surface area contributed by atoms with E-state index in [0.717, 1.165) is 11.3 Å². The molecule has 0 saturated carbocycles. The van der Waals surface area contributed by atoms with Crippen LogP contribution in [0.3, 0.4) is 0 Å². The Hall–Kier alpha value is -1.26. The number of amides is 1. The summed E-state index contributed by atoms with van der Waals surface area (Å²) in [6, 6.07) is 7.05. The van der Waals surface area contributed by atoms with Crippen LogP contribution in [0, 0.1) is 0 Å². The number of methoxy groups -OCH3 is 1. The average molecular weight is 245 g/mol. The van der Waals surface area contributed by atoms with E-state index in [1.54, 1.807) is 14.0 Å². The third-order valence-electron chi connectivity index (χ3n) is 2.04. The van der Waals surface area contributed by atoms with Crippen LogP contribution < -0.4 is 15.8 Å². The van der Waals surface area contributed by atoms with Gasteiger partial charge in [0.2, 0.25) is 5.91 Å².